The lowest BCUT2D eigenvalue weighted by molar-refractivity contribution is -0.144. The molecule has 25 heavy (non-hydrogen) atoms. The zero-order chi connectivity index (χ0) is 18.8. The van der Waals surface area contributed by atoms with Crippen LogP contribution in [0.1, 0.15) is 38.5 Å². The van der Waals surface area contributed by atoms with E-state index in [1.54, 1.807) is 11.8 Å². The Balaban J connectivity index is 2.65. The van der Waals surface area contributed by atoms with Crippen LogP contribution in [0.2, 0.25) is 0 Å². The summed E-state index contributed by atoms with van der Waals surface area (Å²) in [7, 11) is 0. The number of hydrogen-bond acceptors (Lipinski definition) is 6. The van der Waals surface area contributed by atoms with Crippen molar-refractivity contribution in [2.75, 3.05) is 25.1 Å². The zero-order valence-corrected chi connectivity index (χ0v) is 15.6. The zero-order valence-electron chi connectivity index (χ0n) is 14.8. The van der Waals surface area contributed by atoms with E-state index in [1.165, 1.54) is 4.90 Å². The SMILES string of the molecule is CSCCC(N)C(=O)N1CCCC1C(=O)NC(CCCCN)C(=O)O. The van der Waals surface area contributed by atoms with Gasteiger partial charge in [-0.25, -0.2) is 4.79 Å². The van der Waals surface area contributed by atoms with E-state index in [4.69, 9.17) is 11.5 Å². The van der Waals surface area contributed by atoms with Crippen LogP contribution in [0, 0.1) is 0 Å². The molecule has 1 rings (SSSR count). The van der Waals surface area contributed by atoms with Gasteiger partial charge in [0.15, 0.2) is 0 Å². The minimum absolute atomic E-state index is 0.235. The number of hydrogen-bond donors (Lipinski definition) is 4. The molecule has 1 heterocycles. The fraction of sp³-hybridized carbons (Fsp3) is 0.812. The van der Waals surface area contributed by atoms with E-state index in [9.17, 15) is 19.5 Å². The third-order valence-corrected chi connectivity index (χ3v) is 4.99. The predicted molar refractivity (Wildman–Crippen MR) is 98.2 cm³/mol. The Bertz CT molecular complexity index is 463. The molecule has 0 saturated carbocycles. The van der Waals surface area contributed by atoms with E-state index < -0.39 is 30.0 Å². The molecule has 0 aromatic heterocycles. The van der Waals surface area contributed by atoms with Crippen molar-refractivity contribution in [1.82, 2.24) is 10.2 Å². The fourth-order valence-corrected chi connectivity index (χ4v) is 3.39. The van der Waals surface area contributed by atoms with Gasteiger partial charge in [-0.05, 0) is 57.1 Å². The summed E-state index contributed by atoms with van der Waals surface area (Å²) >= 11 is 1.61. The van der Waals surface area contributed by atoms with Gasteiger partial charge in [0.25, 0.3) is 0 Å². The van der Waals surface area contributed by atoms with Gasteiger partial charge >= 0.3 is 5.97 Å². The number of amides is 2. The van der Waals surface area contributed by atoms with Crippen molar-refractivity contribution in [1.29, 1.82) is 0 Å². The first-order valence-corrected chi connectivity index (χ1v) is 10.1. The van der Waals surface area contributed by atoms with E-state index in [1.807, 2.05) is 6.26 Å². The average molecular weight is 375 g/mol. The molecule has 3 unspecified atom stereocenters. The third kappa shape index (κ3) is 6.83. The molecule has 6 N–H and O–H groups in total. The van der Waals surface area contributed by atoms with E-state index in [0.29, 0.717) is 51.6 Å². The Kier molecular flexibility index (Phi) is 9.84. The number of carbonyl (C=O) groups excluding carboxylic acids is 2. The molecule has 2 amide bonds. The molecule has 8 nitrogen and oxygen atoms in total. The number of nitrogens with zero attached hydrogens (tertiary/aromatic N) is 1. The Morgan fingerprint density at radius 3 is 2.64 bits per heavy atom. The van der Waals surface area contributed by atoms with Gasteiger partial charge in [-0.15, -0.1) is 0 Å². The molecule has 3 atom stereocenters. The second-order valence-corrected chi connectivity index (χ2v) is 7.25. The summed E-state index contributed by atoms with van der Waals surface area (Å²) in [5.41, 5.74) is 11.3. The average Bonchev–Trinajstić information content (AvgIpc) is 3.07. The molecule has 9 heteroatoms. The quantitative estimate of drug-likeness (QED) is 0.366. The molecule has 0 bridgehead atoms. The fourth-order valence-electron chi connectivity index (χ4n) is 2.90. The monoisotopic (exact) mass is 374 g/mol. The standard InChI is InChI=1S/C16H30N4O4S/c1-25-10-7-11(18)15(22)20-9-4-6-13(20)14(21)19-12(16(23)24)5-2-3-8-17/h11-13H,2-10,17-18H2,1H3,(H,19,21)(H,23,24). The van der Waals surface area contributed by atoms with Crippen molar-refractivity contribution in [3.8, 4) is 0 Å². The van der Waals surface area contributed by atoms with Gasteiger partial charge in [-0.3, -0.25) is 9.59 Å². The van der Waals surface area contributed by atoms with E-state index in [0.717, 1.165) is 5.75 Å². The highest BCUT2D eigenvalue weighted by atomic mass is 32.2. The van der Waals surface area contributed by atoms with Crippen molar-refractivity contribution in [3.05, 3.63) is 0 Å². The normalized spacial score (nSPS) is 19.5. The summed E-state index contributed by atoms with van der Waals surface area (Å²) < 4.78 is 0. The van der Waals surface area contributed by atoms with Gasteiger partial charge in [-0.2, -0.15) is 11.8 Å². The molecule has 0 radical (unpaired) electrons. The number of thioether (sulfide) groups is 1. The highest BCUT2D eigenvalue weighted by molar-refractivity contribution is 7.98. The van der Waals surface area contributed by atoms with Crippen LogP contribution in [0.5, 0.6) is 0 Å². The van der Waals surface area contributed by atoms with Crippen molar-refractivity contribution in [2.45, 2.75) is 56.7 Å². The molecule has 1 aliphatic rings. The van der Waals surface area contributed by atoms with Crippen LogP contribution in [-0.2, 0) is 14.4 Å². The van der Waals surface area contributed by atoms with E-state index >= 15 is 0 Å². The van der Waals surface area contributed by atoms with Crippen molar-refractivity contribution in [2.24, 2.45) is 11.5 Å². The highest BCUT2D eigenvalue weighted by Gasteiger charge is 2.37. The summed E-state index contributed by atoms with van der Waals surface area (Å²) in [4.78, 5) is 37.8. The topological polar surface area (TPSA) is 139 Å². The van der Waals surface area contributed by atoms with Crippen LogP contribution in [0.15, 0.2) is 0 Å². The third-order valence-electron chi connectivity index (χ3n) is 4.35. The number of nitrogens with two attached hydrogens (primary N) is 2. The lowest BCUT2D eigenvalue weighted by Crippen LogP contribution is -2.54. The van der Waals surface area contributed by atoms with Crippen LogP contribution in [0.3, 0.4) is 0 Å². The number of carboxylic acids is 1. The largest absolute Gasteiger partial charge is 0.480 e. The van der Waals surface area contributed by atoms with Gasteiger partial charge < -0.3 is 26.8 Å². The minimum Gasteiger partial charge on any atom is -0.480 e. The Morgan fingerprint density at radius 1 is 1.32 bits per heavy atom. The molecular formula is C16H30N4O4S. The van der Waals surface area contributed by atoms with Gasteiger partial charge in [0, 0.05) is 6.54 Å². The van der Waals surface area contributed by atoms with Crippen molar-refractivity contribution >= 4 is 29.5 Å². The highest BCUT2D eigenvalue weighted by Crippen LogP contribution is 2.19. The summed E-state index contributed by atoms with van der Waals surface area (Å²) in [5, 5.41) is 11.8. The molecule has 1 saturated heterocycles. The lowest BCUT2D eigenvalue weighted by atomic mass is 10.1. The van der Waals surface area contributed by atoms with Crippen LogP contribution in [0.4, 0.5) is 0 Å². The maximum absolute atomic E-state index is 12.5. The van der Waals surface area contributed by atoms with Gasteiger partial charge in [-0.1, -0.05) is 0 Å². The second kappa shape index (κ2) is 11.3. The smallest absolute Gasteiger partial charge is 0.326 e. The maximum Gasteiger partial charge on any atom is 0.326 e. The minimum atomic E-state index is -1.07. The van der Waals surface area contributed by atoms with Gasteiger partial charge in [0.05, 0.1) is 6.04 Å². The lowest BCUT2D eigenvalue weighted by Gasteiger charge is -2.27. The van der Waals surface area contributed by atoms with Crippen molar-refractivity contribution < 1.29 is 19.5 Å². The van der Waals surface area contributed by atoms with Gasteiger partial charge in [0.1, 0.15) is 12.1 Å². The van der Waals surface area contributed by atoms with Crippen LogP contribution in [-0.4, -0.2) is 71.0 Å². The molecular weight excluding hydrogens is 344 g/mol. The Hall–Kier alpha value is -1.32. The maximum atomic E-state index is 12.5. The summed E-state index contributed by atoms with van der Waals surface area (Å²) in [5.74, 6) is -0.942. The number of carboxylic acid groups (broad SMARTS) is 1. The number of unbranched alkanes of at least 4 members (excludes halogenated alkanes) is 1. The Morgan fingerprint density at radius 2 is 2.04 bits per heavy atom. The molecule has 1 fully saturated rings. The summed E-state index contributed by atoms with van der Waals surface area (Å²) in [6.45, 7) is 0.966. The van der Waals surface area contributed by atoms with Crippen molar-refractivity contribution in [3.63, 3.8) is 0 Å². The van der Waals surface area contributed by atoms with Crippen LogP contribution < -0.4 is 16.8 Å². The van der Waals surface area contributed by atoms with Crippen LogP contribution in [0.25, 0.3) is 0 Å². The molecule has 1 aliphatic heterocycles. The number of nitrogens with one attached hydrogen (secondary N) is 1. The van der Waals surface area contributed by atoms with E-state index in [-0.39, 0.29) is 5.91 Å². The number of rotatable bonds is 11. The summed E-state index contributed by atoms with van der Waals surface area (Å²) in [6.07, 6.45) is 5.40. The van der Waals surface area contributed by atoms with E-state index in [2.05, 4.69) is 5.32 Å². The second-order valence-electron chi connectivity index (χ2n) is 6.26. The first kappa shape index (κ1) is 21.7. The Labute approximate surface area is 153 Å². The molecule has 144 valence electrons. The molecule has 0 aromatic carbocycles. The van der Waals surface area contributed by atoms with Crippen LogP contribution >= 0.6 is 11.8 Å². The summed E-state index contributed by atoms with van der Waals surface area (Å²) in [6, 6.07) is -2.22. The number of aliphatic carboxylic acids is 1. The predicted octanol–water partition coefficient (Wildman–Crippen LogP) is -0.244. The number of carbonyl (C=O) groups is 3. The first-order valence-electron chi connectivity index (χ1n) is 8.70. The van der Waals surface area contributed by atoms with Gasteiger partial charge in [0.2, 0.25) is 11.8 Å². The molecule has 0 aromatic rings. The molecule has 0 spiro atoms. The number of likely N-dealkylation sites (tertiary alicyclic amines) is 1. The first-order chi connectivity index (χ1) is 11.9. The molecule has 0 aliphatic carbocycles.